The highest BCUT2D eigenvalue weighted by Gasteiger charge is 2.33. The van der Waals surface area contributed by atoms with E-state index in [0.29, 0.717) is 36.9 Å². The van der Waals surface area contributed by atoms with Crippen LogP contribution in [0, 0.1) is 12.8 Å². The lowest BCUT2D eigenvalue weighted by Crippen LogP contribution is -2.43. The van der Waals surface area contributed by atoms with Crippen molar-refractivity contribution >= 4 is 42.6 Å². The number of ether oxygens (including phenoxy) is 1. The summed E-state index contributed by atoms with van der Waals surface area (Å²) >= 11 is 1.38. The highest BCUT2D eigenvalue weighted by atomic mass is 32.2. The lowest BCUT2D eigenvalue weighted by atomic mass is 9.99. The van der Waals surface area contributed by atoms with Gasteiger partial charge in [-0.15, -0.1) is 0 Å². The minimum absolute atomic E-state index is 0.164. The van der Waals surface area contributed by atoms with Gasteiger partial charge in [-0.05, 0) is 51.0 Å². The maximum Gasteiger partial charge on any atom is 0.243 e. The molecule has 4 rings (SSSR count). The Labute approximate surface area is 186 Å². The van der Waals surface area contributed by atoms with E-state index in [1.807, 2.05) is 32.0 Å². The van der Waals surface area contributed by atoms with Crippen molar-refractivity contribution < 1.29 is 17.9 Å². The van der Waals surface area contributed by atoms with Crippen LogP contribution >= 0.6 is 11.3 Å². The molecular weight excluding hydrogens is 434 g/mol. The number of piperidine rings is 1. The van der Waals surface area contributed by atoms with Gasteiger partial charge in [0.15, 0.2) is 5.13 Å². The number of sulfonamides is 1. The number of amides is 1. The predicted octanol–water partition coefficient (Wildman–Crippen LogP) is 4.04. The molecule has 164 valence electrons. The lowest BCUT2D eigenvalue weighted by molar-refractivity contribution is -0.120. The Hall–Kier alpha value is -2.49. The summed E-state index contributed by atoms with van der Waals surface area (Å²) in [6.45, 7) is 4.94. The zero-order chi connectivity index (χ0) is 22.0. The molecule has 0 saturated carbocycles. The van der Waals surface area contributed by atoms with Crippen molar-refractivity contribution in [3.8, 4) is 5.75 Å². The molecule has 1 aliphatic rings. The van der Waals surface area contributed by atoms with E-state index in [2.05, 4.69) is 10.3 Å². The topological polar surface area (TPSA) is 88.6 Å². The number of aromatic nitrogens is 1. The minimum atomic E-state index is -3.63. The van der Waals surface area contributed by atoms with Crippen LogP contribution in [0.2, 0.25) is 0 Å². The van der Waals surface area contributed by atoms with E-state index in [1.54, 1.807) is 24.3 Å². The molecule has 2 aromatic carbocycles. The van der Waals surface area contributed by atoms with E-state index in [0.717, 1.165) is 15.8 Å². The number of anilines is 1. The second-order valence-corrected chi connectivity index (χ2v) is 10.5. The molecule has 2 heterocycles. The van der Waals surface area contributed by atoms with Crippen LogP contribution in [-0.2, 0) is 14.8 Å². The van der Waals surface area contributed by atoms with Crippen LogP contribution in [0.25, 0.3) is 10.2 Å². The molecule has 3 aromatic rings. The third-order valence-electron chi connectivity index (χ3n) is 5.33. The summed E-state index contributed by atoms with van der Waals surface area (Å²) in [6.07, 6.45) is 1.28. The molecule has 31 heavy (non-hydrogen) atoms. The van der Waals surface area contributed by atoms with Gasteiger partial charge in [-0.1, -0.05) is 35.1 Å². The fourth-order valence-electron chi connectivity index (χ4n) is 3.69. The number of carbonyl (C=O) groups is 1. The van der Waals surface area contributed by atoms with Crippen molar-refractivity contribution in [3.05, 3.63) is 48.0 Å². The summed E-state index contributed by atoms with van der Waals surface area (Å²) in [5.74, 6) is 0.0537. The number of hydrogen-bond donors (Lipinski definition) is 1. The average Bonchev–Trinajstić information content (AvgIpc) is 3.18. The molecule has 1 aromatic heterocycles. The van der Waals surface area contributed by atoms with Crippen LogP contribution in [0.4, 0.5) is 5.13 Å². The Morgan fingerprint density at radius 1 is 1.26 bits per heavy atom. The van der Waals surface area contributed by atoms with Gasteiger partial charge in [0.25, 0.3) is 0 Å². The Morgan fingerprint density at radius 3 is 2.77 bits per heavy atom. The summed E-state index contributed by atoms with van der Waals surface area (Å²) in [7, 11) is -3.63. The normalized spacial score (nSPS) is 17.5. The molecule has 1 aliphatic heterocycles. The molecule has 1 N–H and O–H groups in total. The molecule has 0 spiro atoms. The Morgan fingerprint density at radius 2 is 2.03 bits per heavy atom. The molecule has 0 aliphatic carbocycles. The number of nitrogens with one attached hydrogen (secondary N) is 1. The SMILES string of the molecule is CCOc1cccc2sc(NC(=O)C3CCCN(S(=O)(=O)c4ccc(C)cc4)C3)nc12. The van der Waals surface area contributed by atoms with Crippen molar-refractivity contribution in [1.29, 1.82) is 0 Å². The first-order chi connectivity index (χ1) is 14.9. The zero-order valence-electron chi connectivity index (χ0n) is 17.5. The number of para-hydroxylation sites is 1. The minimum Gasteiger partial charge on any atom is -0.492 e. The smallest absolute Gasteiger partial charge is 0.243 e. The van der Waals surface area contributed by atoms with Gasteiger partial charge in [0, 0.05) is 13.1 Å². The number of carbonyl (C=O) groups excluding carboxylic acids is 1. The molecule has 1 amide bonds. The summed E-state index contributed by atoms with van der Waals surface area (Å²) in [6, 6.07) is 12.5. The van der Waals surface area contributed by atoms with Crippen molar-refractivity contribution in [2.75, 3.05) is 25.0 Å². The van der Waals surface area contributed by atoms with E-state index in [-0.39, 0.29) is 17.3 Å². The predicted molar refractivity (Wildman–Crippen MR) is 122 cm³/mol. The maximum absolute atomic E-state index is 13.0. The fraction of sp³-hybridized carbons (Fsp3) is 0.364. The standard InChI is InChI=1S/C22H25N3O4S2/c1-3-29-18-7-4-8-19-20(18)23-22(30-19)24-21(26)16-6-5-13-25(14-16)31(27,28)17-11-9-15(2)10-12-17/h4,7-12,16H,3,5-6,13-14H2,1-2H3,(H,23,24,26). The van der Waals surface area contributed by atoms with Crippen LogP contribution in [-0.4, -0.2) is 43.3 Å². The highest BCUT2D eigenvalue weighted by molar-refractivity contribution is 7.89. The summed E-state index contributed by atoms with van der Waals surface area (Å²) in [5.41, 5.74) is 1.72. The van der Waals surface area contributed by atoms with Gasteiger partial charge in [-0.3, -0.25) is 4.79 Å². The summed E-state index contributed by atoms with van der Waals surface area (Å²) < 4.78 is 34.0. The third-order valence-corrected chi connectivity index (χ3v) is 8.14. The molecule has 1 fully saturated rings. The number of aryl methyl sites for hydroxylation is 1. The second-order valence-electron chi connectivity index (χ2n) is 7.56. The van der Waals surface area contributed by atoms with Gasteiger partial charge in [-0.25, -0.2) is 13.4 Å². The molecule has 1 unspecified atom stereocenters. The molecule has 1 atom stereocenters. The van der Waals surface area contributed by atoms with Crippen LogP contribution < -0.4 is 10.1 Å². The van der Waals surface area contributed by atoms with E-state index in [9.17, 15) is 13.2 Å². The molecule has 9 heteroatoms. The number of benzene rings is 2. The van der Waals surface area contributed by atoms with E-state index in [4.69, 9.17) is 4.74 Å². The van der Waals surface area contributed by atoms with Crippen molar-refractivity contribution in [2.24, 2.45) is 5.92 Å². The van der Waals surface area contributed by atoms with E-state index in [1.165, 1.54) is 15.6 Å². The molecule has 1 saturated heterocycles. The first-order valence-corrected chi connectivity index (χ1v) is 12.5. The van der Waals surface area contributed by atoms with Gasteiger partial charge in [0.1, 0.15) is 11.3 Å². The maximum atomic E-state index is 13.0. The van der Waals surface area contributed by atoms with Gasteiger partial charge < -0.3 is 10.1 Å². The first-order valence-electron chi connectivity index (χ1n) is 10.3. The van der Waals surface area contributed by atoms with Crippen molar-refractivity contribution in [2.45, 2.75) is 31.6 Å². The van der Waals surface area contributed by atoms with Crippen LogP contribution in [0.3, 0.4) is 0 Å². The number of nitrogens with zero attached hydrogens (tertiary/aromatic N) is 2. The highest BCUT2D eigenvalue weighted by Crippen LogP contribution is 2.33. The Balaban J connectivity index is 1.48. The first kappa shape index (κ1) is 21.7. The zero-order valence-corrected chi connectivity index (χ0v) is 19.1. The van der Waals surface area contributed by atoms with Crippen LogP contribution in [0.1, 0.15) is 25.3 Å². The van der Waals surface area contributed by atoms with Gasteiger partial charge in [0.05, 0.1) is 22.1 Å². The number of rotatable bonds is 6. The average molecular weight is 460 g/mol. The number of fused-ring (bicyclic) bond motifs is 1. The molecule has 0 bridgehead atoms. The Bertz CT molecular complexity index is 1190. The lowest BCUT2D eigenvalue weighted by Gasteiger charge is -2.31. The van der Waals surface area contributed by atoms with E-state index < -0.39 is 15.9 Å². The Kier molecular flexibility index (Phi) is 6.27. The van der Waals surface area contributed by atoms with Crippen molar-refractivity contribution in [1.82, 2.24) is 9.29 Å². The van der Waals surface area contributed by atoms with Crippen LogP contribution in [0.15, 0.2) is 47.4 Å². The van der Waals surface area contributed by atoms with Crippen LogP contribution in [0.5, 0.6) is 5.75 Å². The molecular formula is C22H25N3O4S2. The quantitative estimate of drug-likeness (QED) is 0.601. The largest absolute Gasteiger partial charge is 0.492 e. The monoisotopic (exact) mass is 459 g/mol. The third kappa shape index (κ3) is 4.58. The molecule has 0 radical (unpaired) electrons. The summed E-state index contributed by atoms with van der Waals surface area (Å²) in [4.78, 5) is 17.7. The fourth-order valence-corrected chi connectivity index (χ4v) is 6.10. The second kappa shape index (κ2) is 8.94. The number of thiazole rings is 1. The van der Waals surface area contributed by atoms with Gasteiger partial charge in [0.2, 0.25) is 15.9 Å². The van der Waals surface area contributed by atoms with E-state index >= 15 is 0 Å². The van der Waals surface area contributed by atoms with Gasteiger partial charge >= 0.3 is 0 Å². The van der Waals surface area contributed by atoms with Crippen molar-refractivity contribution in [3.63, 3.8) is 0 Å². The number of hydrogen-bond acceptors (Lipinski definition) is 6. The van der Waals surface area contributed by atoms with Gasteiger partial charge in [-0.2, -0.15) is 4.31 Å². The molecule has 7 nitrogen and oxygen atoms in total. The summed E-state index contributed by atoms with van der Waals surface area (Å²) in [5, 5.41) is 3.37.